The molecular weight excluding hydrogens is 398 g/mol. The summed E-state index contributed by atoms with van der Waals surface area (Å²) in [7, 11) is 17.7. The van der Waals surface area contributed by atoms with Gasteiger partial charge in [0.1, 0.15) is 0 Å². The van der Waals surface area contributed by atoms with Crippen molar-refractivity contribution in [3.05, 3.63) is 60.7 Å². The Labute approximate surface area is 144 Å². The number of anilines is 2. The molecule has 0 radical (unpaired) electrons. The zero-order chi connectivity index (χ0) is 16.1. The first-order chi connectivity index (χ1) is 10.0. The molecule has 0 N–H and O–H groups in total. The fraction of sp³-hybridized carbons (Fsp3) is 0.250. The third kappa shape index (κ3) is 10.6. The number of benzene rings is 2. The van der Waals surface area contributed by atoms with E-state index >= 15 is 0 Å². The second kappa shape index (κ2) is 13.0. The van der Waals surface area contributed by atoms with Gasteiger partial charge in [-0.05, 0) is 0 Å². The molecule has 0 aliphatic carbocycles. The minimum absolute atomic E-state index is 0.106. The molecule has 0 bridgehead atoms. The summed E-state index contributed by atoms with van der Waals surface area (Å²) in [6, 6.07) is 21.7. The molecule has 0 heterocycles. The molecule has 21 heavy (non-hydrogen) atoms. The van der Waals surface area contributed by atoms with E-state index < -0.39 is 0 Å². The molecule has 0 aromatic heterocycles. The second-order valence-corrected chi connectivity index (χ2v) is 6.71. The predicted octanol–water partition coefficient (Wildman–Crippen LogP) is 4.48. The van der Waals surface area contributed by atoms with Gasteiger partial charge < -0.3 is 9.80 Å². The molecule has 0 spiro atoms. The van der Waals surface area contributed by atoms with Crippen LogP contribution < -0.4 is 9.80 Å². The first kappa shape index (κ1) is 20.3. The van der Waals surface area contributed by atoms with Gasteiger partial charge in [0.25, 0.3) is 0 Å². The van der Waals surface area contributed by atoms with Gasteiger partial charge in [-0.2, -0.15) is 36.4 Å². The Bertz CT molecular complexity index is 407. The maximum atomic E-state index is 4.81. The molecule has 0 saturated heterocycles. The number of rotatable bonds is 2. The van der Waals surface area contributed by atoms with E-state index in [4.69, 9.17) is 19.1 Å². The van der Waals surface area contributed by atoms with E-state index in [1.165, 1.54) is 11.4 Å². The fourth-order valence-corrected chi connectivity index (χ4v) is 1.35. The SMILES string of the molecule is CN(C)c1cc[c-]cc1.CN(C)c1cc[c-]cc1.[Cl][Pd][Cl]. The van der Waals surface area contributed by atoms with Crippen LogP contribution in [0.4, 0.5) is 11.4 Å². The van der Waals surface area contributed by atoms with Crippen molar-refractivity contribution in [2.24, 2.45) is 0 Å². The summed E-state index contributed by atoms with van der Waals surface area (Å²) in [6.45, 7) is 0. The Balaban J connectivity index is 0.000000322. The van der Waals surface area contributed by atoms with Crippen LogP contribution in [0.2, 0.25) is 0 Å². The first-order valence-electron chi connectivity index (χ1n) is 6.12. The van der Waals surface area contributed by atoms with Crippen molar-refractivity contribution >= 4 is 30.4 Å². The van der Waals surface area contributed by atoms with Crippen molar-refractivity contribution in [3.63, 3.8) is 0 Å². The van der Waals surface area contributed by atoms with E-state index in [2.05, 4.69) is 21.9 Å². The second-order valence-electron chi connectivity index (χ2n) is 4.35. The van der Waals surface area contributed by atoms with Gasteiger partial charge in [-0.1, -0.05) is 11.4 Å². The summed E-state index contributed by atoms with van der Waals surface area (Å²) in [5.74, 6) is 0. The van der Waals surface area contributed by atoms with Crippen LogP contribution in [0.1, 0.15) is 0 Å². The van der Waals surface area contributed by atoms with Crippen molar-refractivity contribution in [1.29, 1.82) is 0 Å². The number of nitrogens with zero attached hydrogens (tertiary/aromatic N) is 2. The summed E-state index contributed by atoms with van der Waals surface area (Å²) in [5, 5.41) is 0. The summed E-state index contributed by atoms with van der Waals surface area (Å²) in [4.78, 5) is 4.13. The van der Waals surface area contributed by atoms with E-state index in [0.29, 0.717) is 0 Å². The zero-order valence-corrected chi connectivity index (χ0v) is 15.7. The van der Waals surface area contributed by atoms with E-state index in [-0.39, 0.29) is 15.9 Å². The molecule has 2 nitrogen and oxygen atoms in total. The summed E-state index contributed by atoms with van der Waals surface area (Å²) in [6.07, 6.45) is 0. The summed E-state index contributed by atoms with van der Waals surface area (Å²) < 4.78 is 0. The van der Waals surface area contributed by atoms with Crippen molar-refractivity contribution in [2.45, 2.75) is 0 Å². The Kier molecular flexibility index (Phi) is 12.5. The van der Waals surface area contributed by atoms with E-state index in [1.807, 2.05) is 76.7 Å². The Morgan fingerprint density at radius 2 is 0.952 bits per heavy atom. The number of hydrogen-bond acceptors (Lipinski definition) is 2. The topological polar surface area (TPSA) is 6.48 Å². The summed E-state index contributed by atoms with van der Waals surface area (Å²) in [5.41, 5.74) is 2.43. The standard InChI is InChI=1S/2C8H10N.2ClH.Pd/c2*1-9(2)8-6-4-3-5-7-8;;;/h2*4-7H,1-2H3;2*1H;/q2*-1;;;+2/p-2. The predicted molar refractivity (Wildman–Crippen MR) is 90.9 cm³/mol. The van der Waals surface area contributed by atoms with Crippen LogP contribution in [-0.4, -0.2) is 28.2 Å². The molecule has 2 aromatic carbocycles. The third-order valence-electron chi connectivity index (χ3n) is 2.43. The van der Waals surface area contributed by atoms with Crippen molar-refractivity contribution in [2.75, 3.05) is 38.0 Å². The van der Waals surface area contributed by atoms with Crippen LogP contribution in [0.5, 0.6) is 0 Å². The Morgan fingerprint density at radius 1 is 0.714 bits per heavy atom. The quantitative estimate of drug-likeness (QED) is 0.525. The van der Waals surface area contributed by atoms with Crippen molar-refractivity contribution in [3.8, 4) is 0 Å². The van der Waals surface area contributed by atoms with Gasteiger partial charge in [-0.3, -0.25) is 0 Å². The van der Waals surface area contributed by atoms with E-state index in [1.54, 1.807) is 0 Å². The van der Waals surface area contributed by atoms with Gasteiger partial charge in [0, 0.05) is 28.2 Å². The van der Waals surface area contributed by atoms with Crippen molar-refractivity contribution < 1.29 is 15.9 Å². The van der Waals surface area contributed by atoms with E-state index in [9.17, 15) is 0 Å². The van der Waals surface area contributed by atoms with Crippen LogP contribution in [0.15, 0.2) is 48.5 Å². The van der Waals surface area contributed by atoms with Gasteiger partial charge in [0.2, 0.25) is 0 Å². The van der Waals surface area contributed by atoms with Crippen LogP contribution in [0, 0.1) is 12.1 Å². The van der Waals surface area contributed by atoms with Gasteiger partial charge in [0.05, 0.1) is 0 Å². The molecule has 120 valence electrons. The van der Waals surface area contributed by atoms with Gasteiger partial charge >= 0.3 is 35.0 Å². The van der Waals surface area contributed by atoms with Crippen molar-refractivity contribution in [1.82, 2.24) is 0 Å². The molecule has 0 amide bonds. The molecule has 0 atom stereocenters. The maximum absolute atomic E-state index is 4.81. The van der Waals surface area contributed by atoms with E-state index in [0.717, 1.165) is 0 Å². The van der Waals surface area contributed by atoms with Crippen LogP contribution in [-0.2, 0) is 15.9 Å². The normalized spacial score (nSPS) is 8.86. The average molecular weight is 418 g/mol. The Morgan fingerprint density at radius 3 is 1.10 bits per heavy atom. The monoisotopic (exact) mass is 416 g/mol. The molecule has 0 fully saturated rings. The average Bonchev–Trinajstić information content (AvgIpc) is 2.50. The molecule has 0 aliphatic heterocycles. The molecule has 2 rings (SSSR count). The molecule has 2 aromatic rings. The molecule has 0 unspecified atom stereocenters. The van der Waals surface area contributed by atoms with Gasteiger partial charge in [0.15, 0.2) is 0 Å². The molecular formula is C16H20Cl2N2Pd-2. The minimum atomic E-state index is -0.106. The molecule has 5 heteroatoms. The van der Waals surface area contributed by atoms with Crippen LogP contribution in [0.25, 0.3) is 0 Å². The first-order valence-corrected chi connectivity index (χ1v) is 10.1. The molecule has 0 saturated carbocycles. The van der Waals surface area contributed by atoms with Crippen LogP contribution >= 0.6 is 19.1 Å². The fourth-order valence-electron chi connectivity index (χ4n) is 1.35. The van der Waals surface area contributed by atoms with Gasteiger partial charge in [-0.15, -0.1) is 24.3 Å². The zero-order valence-electron chi connectivity index (χ0n) is 12.6. The Hall–Kier alpha value is -0.718. The summed E-state index contributed by atoms with van der Waals surface area (Å²) >= 11 is -0.106. The third-order valence-corrected chi connectivity index (χ3v) is 2.43. The van der Waals surface area contributed by atoms with Crippen LogP contribution in [0.3, 0.4) is 0 Å². The number of hydrogen-bond donors (Lipinski definition) is 0. The molecule has 0 aliphatic rings. The number of halogens is 2. The van der Waals surface area contributed by atoms with Gasteiger partial charge in [-0.25, -0.2) is 0 Å².